The molecule has 0 saturated heterocycles. The van der Waals surface area contributed by atoms with Gasteiger partial charge in [-0.2, -0.15) is 5.10 Å². The second-order valence-corrected chi connectivity index (χ2v) is 6.07. The summed E-state index contributed by atoms with van der Waals surface area (Å²) < 4.78 is 1.88. The maximum Gasteiger partial charge on any atom is 0.146 e. The highest BCUT2D eigenvalue weighted by molar-refractivity contribution is 6.44. The van der Waals surface area contributed by atoms with Crippen LogP contribution in [0, 0.1) is 5.92 Å². The Hall–Kier alpha value is -0.970. The molecule has 7 heteroatoms. The molecule has 1 aromatic heterocycles. The smallest absolute Gasteiger partial charge is 0.146 e. The van der Waals surface area contributed by atoms with E-state index >= 15 is 0 Å². The number of hydrogen-bond donors (Lipinski definition) is 1. The Balaban J connectivity index is 2.09. The van der Waals surface area contributed by atoms with Crippen molar-refractivity contribution in [1.29, 1.82) is 0 Å². The zero-order valence-electron chi connectivity index (χ0n) is 11.2. The highest BCUT2D eigenvalue weighted by Crippen LogP contribution is 2.32. The molecule has 0 aliphatic rings. The van der Waals surface area contributed by atoms with Gasteiger partial charge in [0.25, 0.3) is 0 Å². The molecule has 0 fully saturated rings. The molecule has 0 radical (unpaired) electrons. The number of rotatable bonds is 5. The predicted octanol–water partition coefficient (Wildman–Crippen LogP) is 4.51. The Kier molecular flexibility index (Phi) is 5.13. The number of nitrogens with zero attached hydrogens (tertiary/aromatic N) is 3. The van der Waals surface area contributed by atoms with E-state index in [9.17, 15) is 0 Å². The molecule has 0 aliphatic heterocycles. The van der Waals surface area contributed by atoms with Crippen molar-refractivity contribution >= 4 is 40.5 Å². The third-order valence-corrected chi connectivity index (χ3v) is 3.72. The minimum Gasteiger partial charge on any atom is -0.377 e. The van der Waals surface area contributed by atoms with Gasteiger partial charge in [0.15, 0.2) is 0 Å². The molecule has 0 atom stereocenters. The SMILES string of the molecule is CC(C)Cn1ncnc1CNc1cc(Cl)c(Cl)cc1Cl. The minimum atomic E-state index is 0.435. The molecule has 0 unspecified atom stereocenters. The molecule has 0 saturated carbocycles. The maximum absolute atomic E-state index is 6.12. The number of halogens is 3. The highest BCUT2D eigenvalue weighted by Gasteiger charge is 2.09. The van der Waals surface area contributed by atoms with Crippen molar-refractivity contribution in [3.63, 3.8) is 0 Å². The summed E-state index contributed by atoms with van der Waals surface area (Å²) in [4.78, 5) is 4.24. The monoisotopic (exact) mass is 332 g/mol. The summed E-state index contributed by atoms with van der Waals surface area (Å²) in [6, 6.07) is 3.32. The third-order valence-electron chi connectivity index (χ3n) is 2.68. The molecule has 4 nitrogen and oxygen atoms in total. The number of anilines is 1. The van der Waals surface area contributed by atoms with Crippen LogP contribution in [0.3, 0.4) is 0 Å². The van der Waals surface area contributed by atoms with Gasteiger partial charge in [-0.25, -0.2) is 9.67 Å². The molecular formula is C13H15Cl3N4. The first kappa shape index (κ1) is 15.4. The number of aromatic nitrogens is 3. The Morgan fingerprint density at radius 1 is 1.15 bits per heavy atom. The fourth-order valence-electron chi connectivity index (χ4n) is 1.76. The van der Waals surface area contributed by atoms with Crippen LogP contribution < -0.4 is 5.32 Å². The van der Waals surface area contributed by atoms with Crippen molar-refractivity contribution in [2.24, 2.45) is 5.92 Å². The Bertz CT molecular complexity index is 595. The predicted molar refractivity (Wildman–Crippen MR) is 83.7 cm³/mol. The van der Waals surface area contributed by atoms with Gasteiger partial charge < -0.3 is 5.32 Å². The summed E-state index contributed by atoms with van der Waals surface area (Å²) in [5.74, 6) is 1.35. The van der Waals surface area contributed by atoms with Crippen molar-refractivity contribution in [3.05, 3.63) is 39.4 Å². The molecule has 2 aromatic rings. The number of nitrogens with one attached hydrogen (secondary N) is 1. The summed E-state index contributed by atoms with van der Waals surface area (Å²) in [5.41, 5.74) is 0.722. The van der Waals surface area contributed by atoms with E-state index in [1.807, 2.05) is 4.68 Å². The van der Waals surface area contributed by atoms with Crippen LogP contribution in [0.15, 0.2) is 18.5 Å². The molecule has 0 spiro atoms. The molecule has 1 heterocycles. The van der Waals surface area contributed by atoms with Crippen molar-refractivity contribution < 1.29 is 0 Å². The fourth-order valence-corrected chi connectivity index (χ4v) is 2.37. The van der Waals surface area contributed by atoms with E-state index in [2.05, 4.69) is 29.2 Å². The fraction of sp³-hybridized carbons (Fsp3) is 0.385. The molecule has 0 aliphatic carbocycles. The summed E-state index contributed by atoms with van der Waals surface area (Å²) in [7, 11) is 0. The van der Waals surface area contributed by atoms with Crippen LogP contribution in [0.5, 0.6) is 0 Å². The molecule has 108 valence electrons. The largest absolute Gasteiger partial charge is 0.377 e. The molecular weight excluding hydrogens is 319 g/mol. The number of hydrogen-bond acceptors (Lipinski definition) is 3. The van der Waals surface area contributed by atoms with Crippen molar-refractivity contribution in [2.75, 3.05) is 5.32 Å². The summed E-state index contributed by atoms with van der Waals surface area (Å²) in [6.45, 7) is 5.61. The first-order valence-corrected chi connectivity index (χ1v) is 7.36. The van der Waals surface area contributed by atoms with Gasteiger partial charge in [0, 0.05) is 6.54 Å². The zero-order chi connectivity index (χ0) is 14.7. The number of benzene rings is 1. The van der Waals surface area contributed by atoms with Crippen molar-refractivity contribution in [1.82, 2.24) is 14.8 Å². The Labute approximate surface area is 133 Å². The Morgan fingerprint density at radius 2 is 1.85 bits per heavy atom. The van der Waals surface area contributed by atoms with Crippen LogP contribution in [0.1, 0.15) is 19.7 Å². The molecule has 0 bridgehead atoms. The van der Waals surface area contributed by atoms with Gasteiger partial charge in [0.05, 0.1) is 27.3 Å². The van der Waals surface area contributed by atoms with E-state index in [0.29, 0.717) is 27.5 Å². The first-order chi connectivity index (χ1) is 9.47. The van der Waals surface area contributed by atoms with E-state index in [1.165, 1.54) is 0 Å². The van der Waals surface area contributed by atoms with Gasteiger partial charge in [-0.05, 0) is 18.1 Å². The van der Waals surface area contributed by atoms with Crippen molar-refractivity contribution in [3.8, 4) is 0 Å². The van der Waals surface area contributed by atoms with Gasteiger partial charge >= 0.3 is 0 Å². The summed E-state index contributed by atoms with van der Waals surface area (Å²) in [5, 5.41) is 8.83. The summed E-state index contributed by atoms with van der Waals surface area (Å²) in [6.07, 6.45) is 1.55. The standard InChI is InChI=1S/C13H15Cl3N4/c1-8(2)6-20-13(18-7-19-20)5-17-12-4-10(15)9(14)3-11(12)16/h3-4,7-8,17H,5-6H2,1-2H3. The van der Waals surface area contributed by atoms with Gasteiger partial charge in [0.2, 0.25) is 0 Å². The maximum atomic E-state index is 6.12. The highest BCUT2D eigenvalue weighted by atomic mass is 35.5. The minimum absolute atomic E-state index is 0.435. The normalized spacial score (nSPS) is 11.1. The molecule has 1 N–H and O–H groups in total. The second kappa shape index (κ2) is 6.66. The molecule has 1 aromatic carbocycles. The quantitative estimate of drug-likeness (QED) is 0.819. The topological polar surface area (TPSA) is 42.7 Å². The molecule has 20 heavy (non-hydrogen) atoms. The lowest BCUT2D eigenvalue weighted by atomic mass is 10.2. The van der Waals surface area contributed by atoms with Gasteiger partial charge in [-0.3, -0.25) is 0 Å². The van der Waals surface area contributed by atoms with Crippen LogP contribution in [0.4, 0.5) is 5.69 Å². The van der Waals surface area contributed by atoms with Gasteiger partial charge in [-0.1, -0.05) is 48.7 Å². The van der Waals surface area contributed by atoms with Gasteiger partial charge in [-0.15, -0.1) is 0 Å². The molecule has 0 amide bonds. The lowest BCUT2D eigenvalue weighted by Gasteiger charge is -2.11. The van der Waals surface area contributed by atoms with Crippen LogP contribution in [-0.4, -0.2) is 14.8 Å². The van der Waals surface area contributed by atoms with E-state index in [1.54, 1.807) is 18.5 Å². The average Bonchev–Trinajstić information content (AvgIpc) is 2.79. The van der Waals surface area contributed by atoms with Gasteiger partial charge in [0.1, 0.15) is 12.2 Å². The van der Waals surface area contributed by atoms with E-state index in [0.717, 1.165) is 18.1 Å². The lowest BCUT2D eigenvalue weighted by molar-refractivity contribution is 0.468. The average molecular weight is 334 g/mol. The van der Waals surface area contributed by atoms with Crippen LogP contribution in [-0.2, 0) is 13.1 Å². The second-order valence-electron chi connectivity index (χ2n) is 4.85. The summed E-state index contributed by atoms with van der Waals surface area (Å²) >= 11 is 18.0. The van der Waals surface area contributed by atoms with E-state index < -0.39 is 0 Å². The third kappa shape index (κ3) is 3.78. The van der Waals surface area contributed by atoms with Crippen LogP contribution >= 0.6 is 34.8 Å². The van der Waals surface area contributed by atoms with Crippen molar-refractivity contribution in [2.45, 2.75) is 26.9 Å². The van der Waals surface area contributed by atoms with Crippen LogP contribution in [0.25, 0.3) is 0 Å². The Morgan fingerprint density at radius 3 is 2.55 bits per heavy atom. The van der Waals surface area contributed by atoms with Crippen LogP contribution in [0.2, 0.25) is 15.1 Å². The van der Waals surface area contributed by atoms with E-state index in [4.69, 9.17) is 34.8 Å². The van der Waals surface area contributed by atoms with E-state index in [-0.39, 0.29) is 0 Å². The zero-order valence-corrected chi connectivity index (χ0v) is 13.5. The first-order valence-electron chi connectivity index (χ1n) is 6.22. The molecule has 2 rings (SSSR count). The lowest BCUT2D eigenvalue weighted by Crippen LogP contribution is -2.13.